The molecule has 0 N–H and O–H groups in total. The van der Waals surface area contributed by atoms with Crippen LogP contribution in [0.3, 0.4) is 0 Å². The van der Waals surface area contributed by atoms with Crippen molar-refractivity contribution in [3.63, 3.8) is 0 Å². The van der Waals surface area contributed by atoms with Gasteiger partial charge in [0, 0.05) is 0 Å². The summed E-state index contributed by atoms with van der Waals surface area (Å²) in [5.74, 6) is 1.77. The fourth-order valence-corrected chi connectivity index (χ4v) is 0.965. The first-order chi connectivity index (χ1) is 5.45. The molecule has 0 atom stereocenters. The molecular formula is C10H11O. The van der Waals surface area contributed by atoms with Gasteiger partial charge < -0.3 is 4.74 Å². The lowest BCUT2D eigenvalue weighted by atomic mass is 10.3. The van der Waals surface area contributed by atoms with Crippen molar-refractivity contribution in [3.05, 3.63) is 30.3 Å². The Labute approximate surface area is 67.0 Å². The van der Waals surface area contributed by atoms with Crippen molar-refractivity contribution in [2.75, 3.05) is 6.61 Å². The molecule has 0 aliphatic heterocycles. The summed E-state index contributed by atoms with van der Waals surface area (Å²) in [4.78, 5) is 0. The van der Waals surface area contributed by atoms with E-state index in [-0.39, 0.29) is 0 Å². The first kappa shape index (κ1) is 6.71. The Hall–Kier alpha value is -0.980. The van der Waals surface area contributed by atoms with E-state index in [0.29, 0.717) is 0 Å². The molecule has 1 aliphatic rings. The lowest BCUT2D eigenvalue weighted by Crippen LogP contribution is -1.98. The Morgan fingerprint density at radius 3 is 3.09 bits per heavy atom. The van der Waals surface area contributed by atoms with Crippen LogP contribution in [0.5, 0.6) is 5.75 Å². The van der Waals surface area contributed by atoms with Crippen LogP contribution < -0.4 is 4.74 Å². The Balaban J connectivity index is 1.85. The average Bonchev–Trinajstić information content (AvgIpc) is 2.86. The van der Waals surface area contributed by atoms with Gasteiger partial charge in [-0.1, -0.05) is 12.1 Å². The number of benzene rings is 1. The monoisotopic (exact) mass is 147 g/mol. The maximum atomic E-state index is 5.50. The summed E-state index contributed by atoms with van der Waals surface area (Å²) in [5.41, 5.74) is 0. The molecule has 1 nitrogen and oxygen atoms in total. The molecule has 1 saturated carbocycles. The molecular weight excluding hydrogens is 136 g/mol. The zero-order valence-corrected chi connectivity index (χ0v) is 6.42. The zero-order chi connectivity index (χ0) is 7.52. The molecule has 0 spiro atoms. The summed E-state index contributed by atoms with van der Waals surface area (Å²) < 4.78 is 5.50. The third-order valence-electron chi connectivity index (χ3n) is 1.86. The van der Waals surface area contributed by atoms with Gasteiger partial charge in [0.25, 0.3) is 0 Å². The maximum Gasteiger partial charge on any atom is 0.119 e. The molecule has 1 aliphatic carbocycles. The van der Waals surface area contributed by atoms with Gasteiger partial charge in [-0.05, 0) is 37.0 Å². The Morgan fingerprint density at radius 1 is 1.55 bits per heavy atom. The second-order valence-corrected chi connectivity index (χ2v) is 2.99. The van der Waals surface area contributed by atoms with Crippen LogP contribution in [0.25, 0.3) is 0 Å². The lowest BCUT2D eigenvalue weighted by molar-refractivity contribution is 0.299. The molecule has 57 valence electrons. The van der Waals surface area contributed by atoms with E-state index in [1.807, 2.05) is 24.3 Å². The van der Waals surface area contributed by atoms with E-state index in [4.69, 9.17) is 4.74 Å². The zero-order valence-electron chi connectivity index (χ0n) is 6.42. The minimum Gasteiger partial charge on any atom is -0.493 e. The highest BCUT2D eigenvalue weighted by Crippen LogP contribution is 2.29. The summed E-state index contributed by atoms with van der Waals surface area (Å²) in [5, 5.41) is 0. The predicted molar refractivity (Wildman–Crippen MR) is 43.5 cm³/mol. The average molecular weight is 147 g/mol. The molecule has 0 amide bonds. The SMILES string of the molecule is [c]1cccc(OCC2CC2)c1. The van der Waals surface area contributed by atoms with Gasteiger partial charge in [0.2, 0.25) is 0 Å². The van der Waals surface area contributed by atoms with E-state index in [9.17, 15) is 0 Å². The second-order valence-electron chi connectivity index (χ2n) is 2.99. The third-order valence-corrected chi connectivity index (χ3v) is 1.86. The van der Waals surface area contributed by atoms with Gasteiger partial charge in [0.1, 0.15) is 5.75 Å². The largest absolute Gasteiger partial charge is 0.493 e. The third kappa shape index (κ3) is 1.97. The van der Waals surface area contributed by atoms with Crippen LogP contribution in [0, 0.1) is 12.0 Å². The smallest absolute Gasteiger partial charge is 0.119 e. The number of hydrogen-bond acceptors (Lipinski definition) is 1. The van der Waals surface area contributed by atoms with E-state index in [1.54, 1.807) is 0 Å². The van der Waals surface area contributed by atoms with Gasteiger partial charge >= 0.3 is 0 Å². The van der Waals surface area contributed by atoms with Crippen molar-refractivity contribution in [2.45, 2.75) is 12.8 Å². The Morgan fingerprint density at radius 2 is 2.45 bits per heavy atom. The molecule has 0 heterocycles. The molecule has 0 bridgehead atoms. The van der Waals surface area contributed by atoms with Crippen LogP contribution in [0.2, 0.25) is 0 Å². The highest BCUT2D eigenvalue weighted by atomic mass is 16.5. The first-order valence-electron chi connectivity index (χ1n) is 4.04. The fourth-order valence-electron chi connectivity index (χ4n) is 0.965. The van der Waals surface area contributed by atoms with Crippen LogP contribution in [-0.2, 0) is 0 Å². The lowest BCUT2D eigenvalue weighted by Gasteiger charge is -2.02. The van der Waals surface area contributed by atoms with Gasteiger partial charge in [0.15, 0.2) is 0 Å². The summed E-state index contributed by atoms with van der Waals surface area (Å²) in [6.07, 6.45) is 2.69. The van der Waals surface area contributed by atoms with Gasteiger partial charge in [-0.3, -0.25) is 0 Å². The molecule has 1 aromatic carbocycles. The van der Waals surface area contributed by atoms with Crippen LogP contribution in [0.4, 0.5) is 0 Å². The summed E-state index contributed by atoms with van der Waals surface area (Å²) in [6.45, 7) is 0.887. The van der Waals surface area contributed by atoms with Crippen LogP contribution in [0.15, 0.2) is 24.3 Å². The van der Waals surface area contributed by atoms with Gasteiger partial charge in [-0.2, -0.15) is 0 Å². The van der Waals surface area contributed by atoms with Crippen molar-refractivity contribution >= 4 is 0 Å². The minimum atomic E-state index is 0.829. The molecule has 2 rings (SSSR count). The van der Waals surface area contributed by atoms with Crippen molar-refractivity contribution < 1.29 is 4.74 Å². The quantitative estimate of drug-likeness (QED) is 0.637. The van der Waals surface area contributed by atoms with Crippen LogP contribution in [-0.4, -0.2) is 6.61 Å². The van der Waals surface area contributed by atoms with Crippen molar-refractivity contribution in [2.24, 2.45) is 5.92 Å². The molecule has 11 heavy (non-hydrogen) atoms. The predicted octanol–water partition coefficient (Wildman–Crippen LogP) is 2.28. The molecule has 1 fully saturated rings. The Kier molecular flexibility index (Phi) is 1.80. The number of rotatable bonds is 3. The van der Waals surface area contributed by atoms with E-state index in [2.05, 4.69) is 6.07 Å². The van der Waals surface area contributed by atoms with Crippen molar-refractivity contribution in [1.82, 2.24) is 0 Å². The van der Waals surface area contributed by atoms with E-state index < -0.39 is 0 Å². The Bertz CT molecular complexity index is 214. The molecule has 1 heteroatoms. The maximum absolute atomic E-state index is 5.50. The van der Waals surface area contributed by atoms with Crippen molar-refractivity contribution in [1.29, 1.82) is 0 Å². The van der Waals surface area contributed by atoms with Gasteiger partial charge in [0.05, 0.1) is 6.61 Å². The highest BCUT2D eigenvalue weighted by molar-refractivity contribution is 5.20. The fraction of sp³-hybridized carbons (Fsp3) is 0.400. The van der Waals surface area contributed by atoms with Crippen molar-refractivity contribution in [3.8, 4) is 5.75 Å². The topological polar surface area (TPSA) is 9.23 Å². The standard InChI is InChI=1S/C10H11O/c1-2-4-10(5-3-1)11-8-9-6-7-9/h1-2,4-5,9H,6-8H2. The van der Waals surface area contributed by atoms with Gasteiger partial charge in [-0.15, -0.1) is 0 Å². The number of ether oxygens (including phenoxy) is 1. The molecule has 0 unspecified atom stereocenters. The second kappa shape index (κ2) is 2.95. The molecule has 0 aromatic heterocycles. The van der Waals surface area contributed by atoms with Crippen LogP contribution >= 0.6 is 0 Å². The van der Waals surface area contributed by atoms with E-state index in [1.165, 1.54) is 12.8 Å². The highest BCUT2D eigenvalue weighted by Gasteiger charge is 2.21. The van der Waals surface area contributed by atoms with E-state index >= 15 is 0 Å². The first-order valence-corrected chi connectivity index (χ1v) is 4.04. The molecule has 1 aromatic rings. The van der Waals surface area contributed by atoms with Crippen LogP contribution in [0.1, 0.15) is 12.8 Å². The summed E-state index contributed by atoms with van der Waals surface area (Å²) >= 11 is 0. The number of hydrogen-bond donors (Lipinski definition) is 0. The summed E-state index contributed by atoms with van der Waals surface area (Å²) in [6, 6.07) is 10.7. The molecule has 0 saturated heterocycles. The summed E-state index contributed by atoms with van der Waals surface area (Å²) in [7, 11) is 0. The molecule has 1 radical (unpaired) electrons. The van der Waals surface area contributed by atoms with E-state index in [0.717, 1.165) is 18.3 Å². The minimum absolute atomic E-state index is 0.829. The van der Waals surface area contributed by atoms with Gasteiger partial charge in [-0.25, -0.2) is 0 Å². The normalized spacial score (nSPS) is 16.4.